The molecule has 1 amide bonds. The molecule has 0 aliphatic rings. The van der Waals surface area contributed by atoms with Crippen molar-refractivity contribution >= 4 is 21.9 Å². The highest BCUT2D eigenvalue weighted by Gasteiger charge is 2.23. The molecule has 0 radical (unpaired) electrons. The molecule has 0 saturated heterocycles. The topological polar surface area (TPSA) is 104 Å². The van der Waals surface area contributed by atoms with Gasteiger partial charge in [0.05, 0.1) is 10.8 Å². The Morgan fingerprint density at radius 1 is 1.20 bits per heavy atom. The van der Waals surface area contributed by atoms with E-state index in [1.54, 1.807) is 13.8 Å². The zero-order chi connectivity index (χ0) is 19.0. The van der Waals surface area contributed by atoms with Crippen LogP contribution in [0.2, 0.25) is 0 Å². The molecule has 1 atom stereocenters. The van der Waals surface area contributed by atoms with Crippen LogP contribution >= 0.6 is 0 Å². The maximum absolute atomic E-state index is 12.5. The number of carbonyl (C=O) groups excluding carboxylic acids is 1. The van der Waals surface area contributed by atoms with Crippen molar-refractivity contribution in [1.29, 1.82) is 0 Å². The van der Waals surface area contributed by atoms with E-state index in [1.165, 1.54) is 28.6 Å². The molecule has 140 valence electrons. The minimum atomic E-state index is -3.65. The summed E-state index contributed by atoms with van der Waals surface area (Å²) in [5.74, 6) is -2.10. The Bertz CT molecular complexity index is 699. The number of nitrogens with one attached hydrogen (secondary N) is 1. The lowest BCUT2D eigenvalue weighted by atomic mass is 10.0. The van der Waals surface area contributed by atoms with Crippen molar-refractivity contribution in [2.75, 3.05) is 19.6 Å². The van der Waals surface area contributed by atoms with Gasteiger partial charge in [-0.15, -0.1) is 0 Å². The summed E-state index contributed by atoms with van der Waals surface area (Å²) in [6, 6.07) is 5.78. The predicted octanol–water partition coefficient (Wildman–Crippen LogP) is 1.95. The first kappa shape index (κ1) is 21.1. The van der Waals surface area contributed by atoms with Gasteiger partial charge in [0, 0.05) is 25.2 Å². The van der Waals surface area contributed by atoms with Gasteiger partial charge in [0.15, 0.2) is 0 Å². The molecule has 25 heavy (non-hydrogen) atoms. The SMILES string of the molecule is CCCC(CNC(=O)c1cccc(S(=O)(=O)N(CC)CC)c1)C(=O)O. The molecule has 0 aliphatic carbocycles. The maximum Gasteiger partial charge on any atom is 0.308 e. The third kappa shape index (κ3) is 5.54. The molecule has 8 heteroatoms. The minimum absolute atomic E-state index is 0.00896. The molecule has 0 heterocycles. The van der Waals surface area contributed by atoms with Crippen LogP contribution in [0.4, 0.5) is 0 Å². The lowest BCUT2D eigenvalue weighted by molar-refractivity contribution is -0.141. The number of hydrogen-bond acceptors (Lipinski definition) is 4. The summed E-state index contributed by atoms with van der Waals surface area (Å²) >= 11 is 0. The van der Waals surface area contributed by atoms with Crippen LogP contribution in [0.15, 0.2) is 29.2 Å². The van der Waals surface area contributed by atoms with Gasteiger partial charge in [0.2, 0.25) is 10.0 Å². The van der Waals surface area contributed by atoms with E-state index in [1.807, 2.05) is 6.92 Å². The highest BCUT2D eigenvalue weighted by Crippen LogP contribution is 2.17. The van der Waals surface area contributed by atoms with Crippen LogP contribution in [-0.4, -0.2) is 49.3 Å². The average Bonchev–Trinajstić information content (AvgIpc) is 2.59. The second-order valence-electron chi connectivity index (χ2n) is 5.65. The Balaban J connectivity index is 2.94. The van der Waals surface area contributed by atoms with Gasteiger partial charge >= 0.3 is 5.97 Å². The van der Waals surface area contributed by atoms with E-state index < -0.39 is 27.8 Å². The summed E-state index contributed by atoms with van der Waals surface area (Å²) in [5.41, 5.74) is 0.189. The number of rotatable bonds is 10. The minimum Gasteiger partial charge on any atom is -0.481 e. The van der Waals surface area contributed by atoms with Crippen LogP contribution in [0.5, 0.6) is 0 Å². The van der Waals surface area contributed by atoms with Crippen LogP contribution in [0.25, 0.3) is 0 Å². The summed E-state index contributed by atoms with van der Waals surface area (Å²) in [5, 5.41) is 11.7. The van der Waals surface area contributed by atoms with Crippen molar-refractivity contribution < 1.29 is 23.1 Å². The van der Waals surface area contributed by atoms with E-state index in [2.05, 4.69) is 5.32 Å². The van der Waals surface area contributed by atoms with Crippen molar-refractivity contribution in [2.45, 2.75) is 38.5 Å². The largest absolute Gasteiger partial charge is 0.481 e. The average molecular weight is 370 g/mol. The second kappa shape index (κ2) is 9.53. The third-order valence-electron chi connectivity index (χ3n) is 3.93. The lowest BCUT2D eigenvalue weighted by Crippen LogP contribution is -2.33. The van der Waals surface area contributed by atoms with E-state index in [0.717, 1.165) is 0 Å². The second-order valence-corrected chi connectivity index (χ2v) is 7.59. The summed E-state index contributed by atoms with van der Waals surface area (Å²) in [6.07, 6.45) is 1.16. The zero-order valence-corrected chi connectivity index (χ0v) is 15.7. The summed E-state index contributed by atoms with van der Waals surface area (Å²) in [7, 11) is -3.65. The number of carboxylic acids is 1. The number of amides is 1. The molecule has 0 fully saturated rings. The molecule has 2 N–H and O–H groups in total. The first-order chi connectivity index (χ1) is 11.8. The van der Waals surface area contributed by atoms with Crippen LogP contribution in [0, 0.1) is 5.92 Å². The molecule has 1 aromatic rings. The Morgan fingerprint density at radius 2 is 1.84 bits per heavy atom. The number of nitrogens with zero attached hydrogens (tertiary/aromatic N) is 1. The van der Waals surface area contributed by atoms with E-state index in [9.17, 15) is 18.0 Å². The molecular weight excluding hydrogens is 344 g/mol. The normalized spacial score (nSPS) is 12.8. The Labute approximate surface area is 149 Å². The number of sulfonamides is 1. The molecule has 7 nitrogen and oxygen atoms in total. The fourth-order valence-electron chi connectivity index (χ4n) is 2.49. The van der Waals surface area contributed by atoms with E-state index in [-0.39, 0.29) is 17.0 Å². The van der Waals surface area contributed by atoms with E-state index in [4.69, 9.17) is 5.11 Å². The third-order valence-corrected chi connectivity index (χ3v) is 5.98. The van der Waals surface area contributed by atoms with Crippen molar-refractivity contribution in [1.82, 2.24) is 9.62 Å². The highest BCUT2D eigenvalue weighted by molar-refractivity contribution is 7.89. The predicted molar refractivity (Wildman–Crippen MR) is 94.9 cm³/mol. The van der Waals surface area contributed by atoms with Gasteiger partial charge in [0.25, 0.3) is 5.91 Å². The lowest BCUT2D eigenvalue weighted by Gasteiger charge is -2.19. The number of carboxylic acid groups (broad SMARTS) is 1. The van der Waals surface area contributed by atoms with Crippen molar-refractivity contribution in [3.63, 3.8) is 0 Å². The Morgan fingerprint density at radius 3 is 2.36 bits per heavy atom. The smallest absolute Gasteiger partial charge is 0.308 e. The molecule has 0 aromatic heterocycles. The van der Waals surface area contributed by atoms with Gasteiger partial charge in [0.1, 0.15) is 0 Å². The van der Waals surface area contributed by atoms with Crippen LogP contribution < -0.4 is 5.32 Å². The number of benzene rings is 1. The number of hydrogen-bond donors (Lipinski definition) is 2. The molecule has 0 aliphatic heterocycles. The van der Waals surface area contributed by atoms with Crippen molar-refractivity contribution in [3.8, 4) is 0 Å². The summed E-state index contributed by atoms with van der Waals surface area (Å²) in [4.78, 5) is 23.4. The Kier molecular flexibility index (Phi) is 8.05. The van der Waals surface area contributed by atoms with E-state index >= 15 is 0 Å². The quantitative estimate of drug-likeness (QED) is 0.655. The first-order valence-electron chi connectivity index (χ1n) is 8.39. The molecule has 1 aromatic carbocycles. The monoisotopic (exact) mass is 370 g/mol. The molecule has 0 saturated carbocycles. The van der Waals surface area contributed by atoms with Crippen LogP contribution in [0.3, 0.4) is 0 Å². The fourth-order valence-corrected chi connectivity index (χ4v) is 3.99. The van der Waals surface area contributed by atoms with Gasteiger partial charge in [-0.05, 0) is 24.6 Å². The van der Waals surface area contributed by atoms with Gasteiger partial charge in [-0.2, -0.15) is 4.31 Å². The molecule has 1 unspecified atom stereocenters. The Hall–Kier alpha value is -1.93. The first-order valence-corrected chi connectivity index (χ1v) is 9.83. The maximum atomic E-state index is 12.5. The molecule has 1 rings (SSSR count). The van der Waals surface area contributed by atoms with Crippen LogP contribution in [-0.2, 0) is 14.8 Å². The van der Waals surface area contributed by atoms with Crippen LogP contribution in [0.1, 0.15) is 44.0 Å². The summed E-state index contributed by atoms with van der Waals surface area (Å²) < 4.78 is 26.4. The number of carbonyl (C=O) groups is 2. The summed E-state index contributed by atoms with van der Waals surface area (Å²) in [6.45, 7) is 6.06. The van der Waals surface area contributed by atoms with Crippen molar-refractivity contribution in [3.05, 3.63) is 29.8 Å². The van der Waals surface area contributed by atoms with Crippen molar-refractivity contribution in [2.24, 2.45) is 5.92 Å². The standard InChI is InChI=1S/C17H26N2O5S/c1-4-8-14(17(21)22)12-18-16(20)13-9-7-10-15(11-13)25(23,24)19(5-2)6-3/h7,9-11,14H,4-6,8,12H2,1-3H3,(H,18,20)(H,21,22). The molecular formula is C17H26N2O5S. The highest BCUT2D eigenvalue weighted by atomic mass is 32.2. The zero-order valence-electron chi connectivity index (χ0n) is 14.9. The van der Waals surface area contributed by atoms with Gasteiger partial charge < -0.3 is 10.4 Å². The van der Waals surface area contributed by atoms with E-state index in [0.29, 0.717) is 25.9 Å². The molecule has 0 bridgehead atoms. The fraction of sp³-hybridized carbons (Fsp3) is 0.529. The van der Waals surface area contributed by atoms with Gasteiger partial charge in [-0.1, -0.05) is 33.3 Å². The molecule has 0 spiro atoms. The number of aliphatic carboxylic acids is 1. The van der Waals surface area contributed by atoms with Gasteiger partial charge in [-0.25, -0.2) is 8.42 Å². The van der Waals surface area contributed by atoms with Gasteiger partial charge in [-0.3, -0.25) is 9.59 Å².